The van der Waals surface area contributed by atoms with E-state index in [1.54, 1.807) is 6.33 Å². The lowest BCUT2D eigenvalue weighted by atomic mass is 10.3. The average molecular weight is 249 g/mol. The lowest BCUT2D eigenvalue weighted by Crippen LogP contribution is -2.09. The fourth-order valence-electron chi connectivity index (χ4n) is 2.15. The van der Waals surface area contributed by atoms with Crippen LogP contribution in [0.15, 0.2) is 12.7 Å². The zero-order chi connectivity index (χ0) is 12.4. The van der Waals surface area contributed by atoms with Gasteiger partial charge in [0.2, 0.25) is 0 Å². The van der Waals surface area contributed by atoms with E-state index in [2.05, 4.69) is 20.3 Å². The molecule has 1 fully saturated rings. The van der Waals surface area contributed by atoms with E-state index in [0.717, 1.165) is 25.1 Å². The lowest BCUT2D eigenvalue weighted by molar-refractivity contribution is 0.0593. The summed E-state index contributed by atoms with van der Waals surface area (Å²) in [5, 5.41) is 11.8. The zero-order valence-electron chi connectivity index (χ0n) is 9.91. The summed E-state index contributed by atoms with van der Waals surface area (Å²) in [6.45, 7) is 1.28. The fraction of sp³-hybridized carbons (Fsp3) is 0.545. The molecule has 0 bridgehead atoms. The number of anilines is 1. The van der Waals surface area contributed by atoms with Crippen molar-refractivity contribution >= 4 is 17.0 Å². The van der Waals surface area contributed by atoms with Gasteiger partial charge in [0.1, 0.15) is 12.6 Å². The number of fused-ring (bicyclic) bond motifs is 1. The molecule has 7 nitrogen and oxygen atoms in total. The van der Waals surface area contributed by atoms with Gasteiger partial charge in [-0.05, 0) is 12.8 Å². The predicted octanol–water partition coefficient (Wildman–Crippen LogP) is 0.539. The Balaban J connectivity index is 1.97. The van der Waals surface area contributed by atoms with E-state index in [0.29, 0.717) is 17.9 Å². The smallest absolute Gasteiger partial charge is 0.167 e. The van der Waals surface area contributed by atoms with Crippen LogP contribution in [0.25, 0.3) is 11.2 Å². The van der Waals surface area contributed by atoms with E-state index >= 15 is 0 Å². The third kappa shape index (κ3) is 1.91. The highest BCUT2D eigenvalue weighted by Crippen LogP contribution is 2.27. The molecule has 1 atom stereocenters. The van der Waals surface area contributed by atoms with Gasteiger partial charge in [-0.2, -0.15) is 0 Å². The van der Waals surface area contributed by atoms with Crippen LogP contribution in [0.3, 0.4) is 0 Å². The molecule has 3 heterocycles. The van der Waals surface area contributed by atoms with Crippen LogP contribution in [-0.2, 0) is 4.74 Å². The van der Waals surface area contributed by atoms with E-state index in [9.17, 15) is 0 Å². The van der Waals surface area contributed by atoms with Crippen molar-refractivity contribution in [3.63, 3.8) is 0 Å². The molecule has 18 heavy (non-hydrogen) atoms. The molecule has 96 valence electrons. The summed E-state index contributed by atoms with van der Waals surface area (Å²) in [6.07, 6.45) is 5.30. The number of hydrogen-bond donors (Lipinski definition) is 2. The van der Waals surface area contributed by atoms with Crippen LogP contribution in [0.5, 0.6) is 0 Å². The summed E-state index contributed by atoms with van der Waals surface area (Å²) < 4.78 is 7.57. The first-order valence-electron chi connectivity index (χ1n) is 6.04. The number of aliphatic hydroxyl groups is 1. The maximum absolute atomic E-state index is 8.83. The molecule has 0 saturated carbocycles. The summed E-state index contributed by atoms with van der Waals surface area (Å²) in [4.78, 5) is 12.7. The van der Waals surface area contributed by atoms with Gasteiger partial charge in [-0.25, -0.2) is 15.0 Å². The van der Waals surface area contributed by atoms with Crippen molar-refractivity contribution in [1.82, 2.24) is 19.5 Å². The van der Waals surface area contributed by atoms with E-state index in [1.807, 2.05) is 4.57 Å². The molecule has 1 saturated heterocycles. The molecule has 1 aliphatic rings. The first-order chi connectivity index (χ1) is 8.90. The second kappa shape index (κ2) is 4.87. The minimum atomic E-state index is 0.0237. The molecule has 2 aromatic heterocycles. The third-order valence-electron chi connectivity index (χ3n) is 2.98. The van der Waals surface area contributed by atoms with Gasteiger partial charge in [-0.1, -0.05) is 0 Å². The Morgan fingerprint density at radius 3 is 3.17 bits per heavy atom. The Labute approximate surface area is 104 Å². The van der Waals surface area contributed by atoms with Crippen LogP contribution in [0.1, 0.15) is 19.1 Å². The molecular weight excluding hydrogens is 234 g/mol. The number of hydrogen-bond acceptors (Lipinski definition) is 6. The maximum Gasteiger partial charge on any atom is 0.167 e. The Morgan fingerprint density at radius 1 is 1.44 bits per heavy atom. The van der Waals surface area contributed by atoms with Gasteiger partial charge in [0, 0.05) is 13.2 Å². The van der Waals surface area contributed by atoms with Crippen molar-refractivity contribution in [3.05, 3.63) is 12.7 Å². The van der Waals surface area contributed by atoms with E-state index in [1.165, 1.54) is 6.33 Å². The molecule has 0 aliphatic carbocycles. The van der Waals surface area contributed by atoms with Gasteiger partial charge in [-0.15, -0.1) is 0 Å². The Morgan fingerprint density at radius 2 is 2.39 bits per heavy atom. The van der Waals surface area contributed by atoms with Gasteiger partial charge >= 0.3 is 0 Å². The predicted molar refractivity (Wildman–Crippen MR) is 65.1 cm³/mol. The van der Waals surface area contributed by atoms with E-state index in [-0.39, 0.29) is 12.8 Å². The molecule has 0 aromatic carbocycles. The normalized spacial score (nSPS) is 19.5. The molecule has 7 heteroatoms. The largest absolute Gasteiger partial charge is 0.395 e. The number of nitrogens with one attached hydrogen (secondary N) is 1. The first kappa shape index (κ1) is 11.4. The summed E-state index contributed by atoms with van der Waals surface area (Å²) in [5.74, 6) is 0.644. The molecule has 0 amide bonds. The van der Waals surface area contributed by atoms with Gasteiger partial charge in [-0.3, -0.25) is 4.57 Å². The Kier molecular flexibility index (Phi) is 3.07. The summed E-state index contributed by atoms with van der Waals surface area (Å²) in [7, 11) is 0. The molecule has 0 radical (unpaired) electrons. The minimum absolute atomic E-state index is 0.0237. The average Bonchev–Trinajstić information content (AvgIpc) is 3.04. The standard InChI is InChI=1S/C11H15N5O2/c17-4-3-12-10-9-11(14-6-13-10)16(7-15-9)8-2-1-5-18-8/h6-8,17H,1-5H2,(H,12,13,14). The molecule has 2 aromatic rings. The second-order valence-electron chi connectivity index (χ2n) is 4.16. The van der Waals surface area contributed by atoms with Crippen molar-refractivity contribution in [2.75, 3.05) is 25.1 Å². The molecule has 3 rings (SSSR count). The van der Waals surface area contributed by atoms with Gasteiger partial charge < -0.3 is 15.2 Å². The Hall–Kier alpha value is -1.73. The summed E-state index contributed by atoms with van der Waals surface area (Å²) in [5.41, 5.74) is 1.47. The minimum Gasteiger partial charge on any atom is -0.395 e. The number of ether oxygens (including phenoxy) is 1. The van der Waals surface area contributed by atoms with Crippen LogP contribution < -0.4 is 5.32 Å². The molecule has 1 unspecified atom stereocenters. The van der Waals surface area contributed by atoms with Crippen LogP contribution in [0.2, 0.25) is 0 Å². The summed E-state index contributed by atoms with van der Waals surface area (Å²) in [6, 6.07) is 0. The van der Waals surface area contributed by atoms with Crippen LogP contribution in [-0.4, -0.2) is 44.4 Å². The first-order valence-corrected chi connectivity index (χ1v) is 6.04. The lowest BCUT2D eigenvalue weighted by Gasteiger charge is -2.11. The number of aliphatic hydroxyl groups excluding tert-OH is 1. The van der Waals surface area contributed by atoms with Crippen molar-refractivity contribution < 1.29 is 9.84 Å². The highest BCUT2D eigenvalue weighted by molar-refractivity contribution is 5.82. The topological polar surface area (TPSA) is 85.1 Å². The second-order valence-corrected chi connectivity index (χ2v) is 4.16. The quantitative estimate of drug-likeness (QED) is 0.822. The van der Waals surface area contributed by atoms with Crippen molar-refractivity contribution in [2.24, 2.45) is 0 Å². The maximum atomic E-state index is 8.83. The van der Waals surface area contributed by atoms with E-state index < -0.39 is 0 Å². The van der Waals surface area contributed by atoms with Gasteiger partial charge in [0.05, 0.1) is 12.9 Å². The monoisotopic (exact) mass is 249 g/mol. The molecule has 1 aliphatic heterocycles. The van der Waals surface area contributed by atoms with Crippen LogP contribution in [0.4, 0.5) is 5.82 Å². The highest BCUT2D eigenvalue weighted by Gasteiger charge is 2.21. The van der Waals surface area contributed by atoms with Gasteiger partial charge in [0.15, 0.2) is 17.0 Å². The van der Waals surface area contributed by atoms with Crippen LogP contribution in [0, 0.1) is 0 Å². The molecular formula is C11H15N5O2. The zero-order valence-corrected chi connectivity index (χ0v) is 9.91. The number of imidazole rings is 1. The third-order valence-corrected chi connectivity index (χ3v) is 2.98. The fourth-order valence-corrected chi connectivity index (χ4v) is 2.15. The van der Waals surface area contributed by atoms with Gasteiger partial charge in [0.25, 0.3) is 0 Å². The van der Waals surface area contributed by atoms with Crippen molar-refractivity contribution in [1.29, 1.82) is 0 Å². The van der Waals surface area contributed by atoms with Crippen LogP contribution >= 0.6 is 0 Å². The SMILES string of the molecule is OCCNc1ncnc2c1ncn2C1CCCO1. The summed E-state index contributed by atoms with van der Waals surface area (Å²) >= 11 is 0. The Bertz CT molecular complexity index is 535. The molecule has 2 N–H and O–H groups in total. The van der Waals surface area contributed by atoms with E-state index in [4.69, 9.17) is 9.84 Å². The highest BCUT2D eigenvalue weighted by atomic mass is 16.5. The number of aromatic nitrogens is 4. The number of rotatable bonds is 4. The van der Waals surface area contributed by atoms with Crippen molar-refractivity contribution in [3.8, 4) is 0 Å². The molecule has 0 spiro atoms. The van der Waals surface area contributed by atoms with Crippen molar-refractivity contribution in [2.45, 2.75) is 19.1 Å². The number of nitrogens with zero attached hydrogens (tertiary/aromatic N) is 4.